The van der Waals surface area contributed by atoms with Gasteiger partial charge in [0.2, 0.25) is 5.91 Å². The van der Waals surface area contributed by atoms with Crippen molar-refractivity contribution in [1.29, 1.82) is 0 Å². The second-order valence-electron chi connectivity index (χ2n) is 4.97. The van der Waals surface area contributed by atoms with E-state index in [-0.39, 0.29) is 5.91 Å². The second kappa shape index (κ2) is 5.85. The zero-order valence-corrected chi connectivity index (χ0v) is 12.5. The van der Waals surface area contributed by atoms with Gasteiger partial charge in [0.05, 0.1) is 0 Å². The average molecular weight is 311 g/mol. The van der Waals surface area contributed by atoms with Gasteiger partial charge in [0.1, 0.15) is 0 Å². The summed E-state index contributed by atoms with van der Waals surface area (Å²) in [6.07, 6.45) is 1.60. The van der Waals surface area contributed by atoms with Gasteiger partial charge in [0.25, 0.3) is 0 Å². The molecule has 4 heteroatoms. The lowest BCUT2D eigenvalue weighted by atomic mass is 10.0. The highest BCUT2D eigenvalue weighted by atomic mass is 79.9. The topological polar surface area (TPSA) is 32.3 Å². The third-order valence-corrected chi connectivity index (χ3v) is 4.33. The van der Waals surface area contributed by atoms with Crippen LogP contribution in [-0.2, 0) is 11.3 Å². The number of hydrogen-bond donors (Lipinski definition) is 1. The van der Waals surface area contributed by atoms with E-state index in [4.69, 9.17) is 0 Å². The monoisotopic (exact) mass is 310 g/mol. The number of nitrogens with zero attached hydrogens (tertiary/aromatic N) is 1. The zero-order valence-electron chi connectivity index (χ0n) is 10.9. The van der Waals surface area contributed by atoms with Gasteiger partial charge in [-0.2, -0.15) is 0 Å². The fourth-order valence-electron chi connectivity index (χ4n) is 2.26. The first-order valence-electron chi connectivity index (χ1n) is 6.28. The molecule has 1 atom stereocenters. The van der Waals surface area contributed by atoms with Crippen molar-refractivity contribution in [3.63, 3.8) is 0 Å². The lowest BCUT2D eigenvalue weighted by Gasteiger charge is -2.30. The highest BCUT2D eigenvalue weighted by Crippen LogP contribution is 2.17. The minimum Gasteiger partial charge on any atom is -0.344 e. The minimum atomic E-state index is 0.257. The van der Waals surface area contributed by atoms with Crippen molar-refractivity contribution in [3.05, 3.63) is 33.8 Å². The van der Waals surface area contributed by atoms with Crippen molar-refractivity contribution in [2.24, 2.45) is 0 Å². The Morgan fingerprint density at radius 2 is 2.28 bits per heavy atom. The standard InChI is InChI=1S/C14H19BrN2O/c1-10-7-11(3-5-13(10)15)8-16-12-4-6-14(18)17(2)9-12/h3,5,7,12,16H,4,6,8-9H2,1-2H3/t12-/m1/s1. The van der Waals surface area contributed by atoms with Gasteiger partial charge in [-0.3, -0.25) is 4.79 Å². The first-order chi connectivity index (χ1) is 8.56. The van der Waals surface area contributed by atoms with Gasteiger partial charge in [0.15, 0.2) is 0 Å². The number of nitrogens with one attached hydrogen (secondary N) is 1. The Morgan fingerprint density at radius 3 is 2.94 bits per heavy atom. The molecule has 18 heavy (non-hydrogen) atoms. The lowest BCUT2D eigenvalue weighted by molar-refractivity contribution is -0.132. The Hall–Kier alpha value is -0.870. The summed E-state index contributed by atoms with van der Waals surface area (Å²) in [4.78, 5) is 13.2. The molecular weight excluding hydrogens is 292 g/mol. The number of amides is 1. The number of carbonyl (C=O) groups excluding carboxylic acids is 1. The van der Waals surface area contributed by atoms with Gasteiger partial charge >= 0.3 is 0 Å². The maximum absolute atomic E-state index is 11.4. The predicted octanol–water partition coefficient (Wildman–Crippen LogP) is 2.47. The van der Waals surface area contributed by atoms with E-state index in [1.165, 1.54) is 11.1 Å². The number of likely N-dealkylation sites (N-methyl/N-ethyl adjacent to an activating group) is 1. The Morgan fingerprint density at radius 1 is 1.50 bits per heavy atom. The second-order valence-corrected chi connectivity index (χ2v) is 5.83. The van der Waals surface area contributed by atoms with E-state index in [1.54, 1.807) is 0 Å². The molecule has 1 N–H and O–H groups in total. The molecule has 0 aliphatic carbocycles. The molecule has 2 rings (SSSR count). The van der Waals surface area contributed by atoms with Crippen LogP contribution >= 0.6 is 15.9 Å². The van der Waals surface area contributed by atoms with Crippen LogP contribution in [0.25, 0.3) is 0 Å². The number of rotatable bonds is 3. The quantitative estimate of drug-likeness (QED) is 0.930. The molecule has 98 valence electrons. The molecule has 1 heterocycles. The van der Waals surface area contributed by atoms with E-state index in [0.717, 1.165) is 24.0 Å². The molecular formula is C14H19BrN2O. The van der Waals surface area contributed by atoms with Gasteiger partial charge in [-0.05, 0) is 30.5 Å². The van der Waals surface area contributed by atoms with Crippen LogP contribution in [0.4, 0.5) is 0 Å². The van der Waals surface area contributed by atoms with Crippen LogP contribution in [0.2, 0.25) is 0 Å². The van der Waals surface area contributed by atoms with Crippen molar-refractivity contribution >= 4 is 21.8 Å². The van der Waals surface area contributed by atoms with Crippen LogP contribution in [0.3, 0.4) is 0 Å². The van der Waals surface area contributed by atoms with Crippen LogP contribution in [-0.4, -0.2) is 30.4 Å². The molecule has 1 amide bonds. The van der Waals surface area contributed by atoms with E-state index in [1.807, 2.05) is 11.9 Å². The molecule has 0 radical (unpaired) electrons. The summed E-state index contributed by atoms with van der Waals surface area (Å²) < 4.78 is 1.15. The first-order valence-corrected chi connectivity index (χ1v) is 7.08. The summed E-state index contributed by atoms with van der Waals surface area (Å²) in [5.41, 5.74) is 2.54. The van der Waals surface area contributed by atoms with Crippen LogP contribution in [0.15, 0.2) is 22.7 Å². The number of carbonyl (C=O) groups is 1. The van der Waals surface area contributed by atoms with E-state index < -0.39 is 0 Å². The Labute approximate surface area is 117 Å². The summed E-state index contributed by atoms with van der Waals surface area (Å²) in [6.45, 7) is 3.77. The van der Waals surface area contributed by atoms with Crippen LogP contribution < -0.4 is 5.32 Å². The molecule has 1 aliphatic heterocycles. The number of halogens is 1. The van der Waals surface area contributed by atoms with Gasteiger partial charge in [-0.15, -0.1) is 0 Å². The molecule has 0 unspecified atom stereocenters. The molecule has 0 spiro atoms. The molecule has 1 aromatic rings. The maximum Gasteiger partial charge on any atom is 0.222 e. The first kappa shape index (κ1) is 13.6. The number of likely N-dealkylation sites (tertiary alicyclic amines) is 1. The van der Waals surface area contributed by atoms with E-state index >= 15 is 0 Å². The fraction of sp³-hybridized carbons (Fsp3) is 0.500. The molecule has 1 fully saturated rings. The number of benzene rings is 1. The van der Waals surface area contributed by atoms with Crippen LogP contribution in [0.1, 0.15) is 24.0 Å². The number of piperidine rings is 1. The van der Waals surface area contributed by atoms with Crippen molar-refractivity contribution in [3.8, 4) is 0 Å². The third kappa shape index (κ3) is 3.33. The van der Waals surface area contributed by atoms with E-state index in [0.29, 0.717) is 12.5 Å². The summed E-state index contributed by atoms with van der Waals surface area (Å²) in [7, 11) is 1.87. The number of hydrogen-bond acceptors (Lipinski definition) is 2. The van der Waals surface area contributed by atoms with Crippen LogP contribution in [0, 0.1) is 6.92 Å². The Bertz CT molecular complexity index is 447. The normalized spacial score (nSPS) is 20.3. The zero-order chi connectivity index (χ0) is 13.1. The Kier molecular flexibility index (Phi) is 4.40. The molecule has 1 aliphatic rings. The van der Waals surface area contributed by atoms with Crippen molar-refractivity contribution < 1.29 is 4.79 Å². The van der Waals surface area contributed by atoms with Crippen LogP contribution in [0.5, 0.6) is 0 Å². The highest BCUT2D eigenvalue weighted by Gasteiger charge is 2.22. The fourth-order valence-corrected chi connectivity index (χ4v) is 2.50. The van der Waals surface area contributed by atoms with Crippen molar-refractivity contribution in [1.82, 2.24) is 10.2 Å². The largest absolute Gasteiger partial charge is 0.344 e. The summed E-state index contributed by atoms with van der Waals surface area (Å²) in [5, 5.41) is 3.53. The van der Waals surface area contributed by atoms with Gasteiger partial charge in [-0.1, -0.05) is 28.1 Å². The predicted molar refractivity (Wildman–Crippen MR) is 76.4 cm³/mol. The number of aryl methyl sites for hydroxylation is 1. The van der Waals surface area contributed by atoms with Crippen molar-refractivity contribution in [2.45, 2.75) is 32.4 Å². The van der Waals surface area contributed by atoms with Gasteiger partial charge in [-0.25, -0.2) is 0 Å². The smallest absolute Gasteiger partial charge is 0.222 e. The molecule has 1 saturated heterocycles. The van der Waals surface area contributed by atoms with E-state index in [2.05, 4.69) is 46.4 Å². The summed E-state index contributed by atoms with van der Waals surface area (Å²) in [5.74, 6) is 0.257. The average Bonchev–Trinajstić information content (AvgIpc) is 2.35. The lowest BCUT2D eigenvalue weighted by Crippen LogP contribution is -2.46. The Balaban J connectivity index is 1.88. The van der Waals surface area contributed by atoms with E-state index in [9.17, 15) is 4.79 Å². The minimum absolute atomic E-state index is 0.257. The molecule has 0 aromatic heterocycles. The molecule has 3 nitrogen and oxygen atoms in total. The van der Waals surface area contributed by atoms with Crippen molar-refractivity contribution in [2.75, 3.05) is 13.6 Å². The summed E-state index contributed by atoms with van der Waals surface area (Å²) >= 11 is 3.51. The maximum atomic E-state index is 11.4. The van der Waals surface area contributed by atoms with Gasteiger partial charge < -0.3 is 10.2 Å². The third-order valence-electron chi connectivity index (χ3n) is 3.44. The molecule has 0 bridgehead atoms. The SMILES string of the molecule is Cc1cc(CN[C@@H]2CCC(=O)N(C)C2)ccc1Br. The highest BCUT2D eigenvalue weighted by molar-refractivity contribution is 9.10. The molecule has 0 saturated carbocycles. The molecule has 1 aromatic carbocycles. The summed E-state index contributed by atoms with van der Waals surface area (Å²) in [6, 6.07) is 6.82. The van der Waals surface area contributed by atoms with Gasteiger partial charge in [0, 0.05) is 37.1 Å².